The van der Waals surface area contributed by atoms with E-state index in [9.17, 15) is 4.21 Å². The standard InChI is InChI=1S/C4H11NO3S/c6-4-2-1-3-5-9(7)8/h5-6H,1-4H2,(H,7,8). The molecule has 0 aliphatic rings. The quantitative estimate of drug-likeness (QED) is 0.368. The van der Waals surface area contributed by atoms with Crippen molar-refractivity contribution in [3.8, 4) is 0 Å². The van der Waals surface area contributed by atoms with Gasteiger partial charge in [-0.1, -0.05) is 0 Å². The first-order chi connectivity index (χ1) is 4.27. The van der Waals surface area contributed by atoms with Gasteiger partial charge in [0.25, 0.3) is 0 Å². The Balaban J connectivity index is 2.83. The first kappa shape index (κ1) is 9.03. The number of unbranched alkanes of at least 4 members (excludes halogenated alkanes) is 1. The number of hydrogen-bond donors (Lipinski definition) is 3. The lowest BCUT2D eigenvalue weighted by Gasteiger charge is -1.95. The van der Waals surface area contributed by atoms with Crippen LogP contribution in [0.3, 0.4) is 0 Å². The largest absolute Gasteiger partial charge is 0.396 e. The second-order valence-electron chi connectivity index (χ2n) is 1.57. The van der Waals surface area contributed by atoms with Crippen LogP contribution in [0.2, 0.25) is 0 Å². The van der Waals surface area contributed by atoms with Gasteiger partial charge in [-0.05, 0) is 12.8 Å². The molecule has 0 saturated carbocycles. The summed E-state index contributed by atoms with van der Waals surface area (Å²) in [4.78, 5) is 0. The highest BCUT2D eigenvalue weighted by molar-refractivity contribution is 7.77. The summed E-state index contributed by atoms with van der Waals surface area (Å²) in [6.45, 7) is 0.614. The first-order valence-corrected chi connectivity index (χ1v) is 3.83. The number of nitrogens with one attached hydrogen (secondary N) is 1. The van der Waals surface area contributed by atoms with Crippen molar-refractivity contribution in [3.05, 3.63) is 0 Å². The van der Waals surface area contributed by atoms with Crippen molar-refractivity contribution in [1.29, 1.82) is 0 Å². The van der Waals surface area contributed by atoms with Crippen LogP contribution in [-0.2, 0) is 11.3 Å². The first-order valence-electron chi connectivity index (χ1n) is 2.72. The lowest BCUT2D eigenvalue weighted by atomic mass is 10.3. The van der Waals surface area contributed by atoms with E-state index in [0.29, 0.717) is 13.0 Å². The summed E-state index contributed by atoms with van der Waals surface area (Å²) in [5, 5.41) is 8.27. The van der Waals surface area contributed by atoms with Crippen molar-refractivity contribution in [3.63, 3.8) is 0 Å². The summed E-state index contributed by atoms with van der Waals surface area (Å²) in [6, 6.07) is 0. The smallest absolute Gasteiger partial charge is 0.231 e. The zero-order chi connectivity index (χ0) is 7.11. The van der Waals surface area contributed by atoms with Crippen LogP contribution in [0.1, 0.15) is 12.8 Å². The molecule has 0 radical (unpaired) electrons. The fourth-order valence-corrected chi connectivity index (χ4v) is 0.715. The van der Waals surface area contributed by atoms with Gasteiger partial charge in [0, 0.05) is 13.2 Å². The third kappa shape index (κ3) is 8.03. The Morgan fingerprint density at radius 1 is 1.44 bits per heavy atom. The molecule has 3 N–H and O–H groups in total. The highest BCUT2D eigenvalue weighted by atomic mass is 32.2. The zero-order valence-corrected chi connectivity index (χ0v) is 5.86. The fourth-order valence-electron chi connectivity index (χ4n) is 0.396. The van der Waals surface area contributed by atoms with Gasteiger partial charge in [0.2, 0.25) is 11.3 Å². The van der Waals surface area contributed by atoms with Crippen LogP contribution in [0.5, 0.6) is 0 Å². The molecule has 5 heteroatoms. The van der Waals surface area contributed by atoms with Crippen molar-refractivity contribution in [2.45, 2.75) is 12.8 Å². The topological polar surface area (TPSA) is 69.6 Å². The van der Waals surface area contributed by atoms with E-state index in [4.69, 9.17) is 9.66 Å². The van der Waals surface area contributed by atoms with Crippen LogP contribution in [-0.4, -0.2) is 27.0 Å². The van der Waals surface area contributed by atoms with Crippen LogP contribution in [0.15, 0.2) is 0 Å². The fraction of sp³-hybridized carbons (Fsp3) is 1.00. The Morgan fingerprint density at radius 2 is 2.11 bits per heavy atom. The van der Waals surface area contributed by atoms with E-state index < -0.39 is 11.3 Å². The molecule has 0 spiro atoms. The second kappa shape index (κ2) is 6.15. The van der Waals surface area contributed by atoms with Gasteiger partial charge in [0.05, 0.1) is 0 Å². The molecule has 0 amide bonds. The monoisotopic (exact) mass is 153 g/mol. The van der Waals surface area contributed by atoms with Crippen molar-refractivity contribution in [2.24, 2.45) is 0 Å². The molecule has 1 atom stereocenters. The van der Waals surface area contributed by atoms with Crippen molar-refractivity contribution in [1.82, 2.24) is 4.72 Å². The summed E-state index contributed by atoms with van der Waals surface area (Å²) in [7, 11) is 0. The summed E-state index contributed by atoms with van der Waals surface area (Å²) in [5.74, 6) is 0. The van der Waals surface area contributed by atoms with Gasteiger partial charge in [-0.15, -0.1) is 0 Å². The maximum absolute atomic E-state index is 9.90. The van der Waals surface area contributed by atoms with Gasteiger partial charge in [0.1, 0.15) is 0 Å². The van der Waals surface area contributed by atoms with Crippen LogP contribution in [0, 0.1) is 0 Å². The van der Waals surface area contributed by atoms with Gasteiger partial charge >= 0.3 is 0 Å². The molecule has 0 aromatic carbocycles. The average Bonchev–Trinajstić information content (AvgIpc) is 1.80. The molecular weight excluding hydrogens is 142 g/mol. The molecule has 0 fully saturated rings. The van der Waals surface area contributed by atoms with Crippen LogP contribution in [0.4, 0.5) is 0 Å². The van der Waals surface area contributed by atoms with E-state index in [2.05, 4.69) is 4.72 Å². The molecule has 0 aromatic heterocycles. The third-order valence-electron chi connectivity index (χ3n) is 0.810. The summed E-state index contributed by atoms with van der Waals surface area (Å²) >= 11 is -1.90. The van der Waals surface area contributed by atoms with Gasteiger partial charge in [-0.2, -0.15) is 0 Å². The molecule has 0 bridgehead atoms. The molecule has 0 heterocycles. The SMILES string of the molecule is O=S(O)NCCCCO. The Hall–Kier alpha value is 0.0300. The minimum Gasteiger partial charge on any atom is -0.396 e. The van der Waals surface area contributed by atoms with Crippen molar-refractivity contribution >= 4 is 11.3 Å². The predicted octanol–water partition coefficient (Wildman–Crippen LogP) is -0.515. The van der Waals surface area contributed by atoms with E-state index in [1.807, 2.05) is 0 Å². The lowest BCUT2D eigenvalue weighted by molar-refractivity contribution is 0.285. The molecule has 1 unspecified atom stereocenters. The van der Waals surface area contributed by atoms with E-state index in [1.165, 1.54) is 0 Å². The van der Waals surface area contributed by atoms with Crippen molar-refractivity contribution in [2.75, 3.05) is 13.2 Å². The minimum atomic E-state index is -1.90. The molecule has 0 aliphatic heterocycles. The molecule has 0 saturated heterocycles. The molecule has 4 nitrogen and oxygen atoms in total. The highest BCUT2D eigenvalue weighted by Gasteiger charge is 1.89. The Bertz CT molecular complexity index is 87.9. The van der Waals surface area contributed by atoms with E-state index in [-0.39, 0.29) is 6.61 Å². The minimum absolute atomic E-state index is 0.139. The van der Waals surface area contributed by atoms with Gasteiger partial charge in [-0.3, -0.25) is 4.55 Å². The molecule has 0 aromatic rings. The number of aliphatic hydroxyl groups is 1. The number of rotatable bonds is 5. The highest BCUT2D eigenvalue weighted by Crippen LogP contribution is 1.82. The Kier molecular flexibility index (Phi) is 6.18. The maximum Gasteiger partial charge on any atom is 0.231 e. The maximum atomic E-state index is 9.90. The number of hydrogen-bond acceptors (Lipinski definition) is 2. The Morgan fingerprint density at radius 3 is 2.56 bits per heavy atom. The summed E-state index contributed by atoms with van der Waals surface area (Å²) in [5.41, 5.74) is 0. The number of aliphatic hydroxyl groups excluding tert-OH is 1. The Labute approximate surface area is 56.7 Å². The predicted molar refractivity (Wildman–Crippen MR) is 35.1 cm³/mol. The molecule has 0 aliphatic carbocycles. The second-order valence-corrected chi connectivity index (χ2v) is 2.36. The average molecular weight is 153 g/mol. The van der Waals surface area contributed by atoms with Crippen LogP contribution < -0.4 is 4.72 Å². The molecule has 0 rings (SSSR count). The van der Waals surface area contributed by atoms with Crippen molar-refractivity contribution < 1.29 is 13.9 Å². The van der Waals surface area contributed by atoms with E-state index in [1.54, 1.807) is 0 Å². The normalized spacial score (nSPS) is 13.6. The van der Waals surface area contributed by atoms with Gasteiger partial charge < -0.3 is 5.11 Å². The summed E-state index contributed by atoms with van der Waals surface area (Å²) in [6.07, 6.45) is 1.40. The summed E-state index contributed by atoms with van der Waals surface area (Å²) < 4.78 is 20.3. The molecule has 9 heavy (non-hydrogen) atoms. The van der Waals surface area contributed by atoms with Gasteiger partial charge in [-0.25, -0.2) is 8.93 Å². The van der Waals surface area contributed by atoms with Gasteiger partial charge in [0.15, 0.2) is 0 Å². The molecule has 56 valence electrons. The zero-order valence-electron chi connectivity index (χ0n) is 5.04. The van der Waals surface area contributed by atoms with E-state index >= 15 is 0 Å². The third-order valence-corrected chi connectivity index (χ3v) is 1.26. The van der Waals surface area contributed by atoms with Crippen LogP contribution in [0.25, 0.3) is 0 Å². The van der Waals surface area contributed by atoms with E-state index in [0.717, 1.165) is 6.42 Å². The van der Waals surface area contributed by atoms with Crippen LogP contribution >= 0.6 is 0 Å². The lowest BCUT2D eigenvalue weighted by Crippen LogP contribution is -2.17. The molecular formula is C4H11NO3S.